The lowest BCUT2D eigenvalue weighted by Crippen LogP contribution is -2.33. The molecule has 0 spiro atoms. The van der Waals surface area contributed by atoms with E-state index in [4.69, 9.17) is 14.6 Å². The lowest BCUT2D eigenvalue weighted by Gasteiger charge is -2.35. The van der Waals surface area contributed by atoms with Gasteiger partial charge in [-0.3, -0.25) is 4.68 Å². The van der Waals surface area contributed by atoms with Crippen LogP contribution in [0.3, 0.4) is 0 Å². The molecule has 136 valence electrons. The van der Waals surface area contributed by atoms with Crippen LogP contribution in [0.1, 0.15) is 38.3 Å². The molecule has 2 aromatic carbocycles. The topological polar surface area (TPSA) is 36.3 Å². The molecule has 0 amide bonds. The fourth-order valence-corrected chi connectivity index (χ4v) is 3.71. The molecule has 0 N–H and O–H groups in total. The van der Waals surface area contributed by atoms with Gasteiger partial charge in [0.2, 0.25) is 0 Å². The molecular formula is C21H23BrN2O2. The molecule has 4 nitrogen and oxygen atoms in total. The minimum atomic E-state index is 0.139. The third-order valence-electron chi connectivity index (χ3n) is 4.71. The number of aromatic nitrogens is 2. The Morgan fingerprint density at radius 1 is 1.19 bits per heavy atom. The van der Waals surface area contributed by atoms with Gasteiger partial charge in [-0.2, -0.15) is 5.10 Å². The maximum absolute atomic E-state index is 6.00. The number of ether oxygens (including phenoxy) is 2. The lowest BCUT2D eigenvalue weighted by atomic mass is 9.89. The third-order valence-corrected chi connectivity index (χ3v) is 5.33. The first-order chi connectivity index (χ1) is 12.6. The molecule has 0 bridgehead atoms. The van der Waals surface area contributed by atoms with Crippen molar-refractivity contribution in [2.45, 2.75) is 51.5 Å². The van der Waals surface area contributed by atoms with Gasteiger partial charge < -0.3 is 9.47 Å². The molecule has 0 atom stereocenters. The Hall–Kier alpha value is -1.85. The molecular weight excluding hydrogens is 392 g/mol. The van der Waals surface area contributed by atoms with Crippen LogP contribution in [0.4, 0.5) is 0 Å². The highest BCUT2D eigenvalue weighted by Crippen LogP contribution is 2.37. The number of fused-ring (bicyclic) bond motifs is 1. The molecule has 1 saturated carbocycles. The first kappa shape index (κ1) is 17.6. The molecule has 0 unspecified atom stereocenters. The van der Waals surface area contributed by atoms with Crippen LogP contribution in [0.15, 0.2) is 53.1 Å². The van der Waals surface area contributed by atoms with E-state index in [0.29, 0.717) is 18.8 Å². The average molecular weight is 415 g/mol. The first-order valence-electron chi connectivity index (χ1n) is 9.09. The minimum absolute atomic E-state index is 0.139. The summed E-state index contributed by atoms with van der Waals surface area (Å²) in [4.78, 5) is 0. The summed E-state index contributed by atoms with van der Waals surface area (Å²) in [7, 11) is 0. The van der Waals surface area contributed by atoms with E-state index in [1.165, 1.54) is 5.56 Å². The number of rotatable bonds is 6. The van der Waals surface area contributed by atoms with Gasteiger partial charge in [0.15, 0.2) is 0 Å². The van der Waals surface area contributed by atoms with Crippen LogP contribution in [0, 0.1) is 0 Å². The maximum Gasteiger partial charge on any atom is 0.136 e. The molecule has 1 aliphatic carbocycles. The summed E-state index contributed by atoms with van der Waals surface area (Å²) in [5, 5.41) is 5.88. The second-order valence-electron chi connectivity index (χ2n) is 7.16. The van der Waals surface area contributed by atoms with Crippen molar-refractivity contribution >= 4 is 26.8 Å². The van der Waals surface area contributed by atoms with E-state index < -0.39 is 0 Å². The van der Waals surface area contributed by atoms with E-state index in [9.17, 15) is 0 Å². The number of benzene rings is 2. The van der Waals surface area contributed by atoms with Crippen LogP contribution in [-0.2, 0) is 11.3 Å². The smallest absolute Gasteiger partial charge is 0.136 e. The van der Waals surface area contributed by atoms with Crippen molar-refractivity contribution in [2.75, 3.05) is 0 Å². The van der Waals surface area contributed by atoms with Gasteiger partial charge in [-0.15, -0.1) is 0 Å². The summed E-state index contributed by atoms with van der Waals surface area (Å²) in [5.74, 6) is 0.843. The van der Waals surface area contributed by atoms with Crippen molar-refractivity contribution in [1.29, 1.82) is 0 Å². The van der Waals surface area contributed by atoms with Gasteiger partial charge in [0.25, 0.3) is 0 Å². The zero-order valence-corrected chi connectivity index (χ0v) is 16.6. The number of hydrogen-bond donors (Lipinski definition) is 0. The number of halogens is 1. The summed E-state index contributed by atoms with van der Waals surface area (Å²) < 4.78 is 14.9. The largest absolute Gasteiger partial charge is 0.490 e. The van der Waals surface area contributed by atoms with E-state index in [1.807, 2.05) is 38.1 Å². The predicted octanol–water partition coefficient (Wildman–Crippen LogP) is 5.51. The second kappa shape index (κ2) is 7.41. The minimum Gasteiger partial charge on any atom is -0.490 e. The van der Waals surface area contributed by atoms with E-state index in [2.05, 4.69) is 45.0 Å². The van der Waals surface area contributed by atoms with Crippen LogP contribution in [0.5, 0.6) is 5.75 Å². The third kappa shape index (κ3) is 3.79. The summed E-state index contributed by atoms with van der Waals surface area (Å²) in [6, 6.07) is 14.8. The lowest BCUT2D eigenvalue weighted by molar-refractivity contribution is -0.0382. The molecule has 1 aliphatic rings. The summed E-state index contributed by atoms with van der Waals surface area (Å²) in [6.07, 6.45) is 4.60. The van der Waals surface area contributed by atoms with Crippen molar-refractivity contribution in [3.63, 3.8) is 0 Å². The van der Waals surface area contributed by atoms with Crippen LogP contribution in [-0.4, -0.2) is 22.0 Å². The Morgan fingerprint density at radius 3 is 2.69 bits per heavy atom. The summed E-state index contributed by atoms with van der Waals surface area (Å²) in [6.45, 7) is 4.74. The Labute approximate surface area is 162 Å². The Balaban J connectivity index is 1.39. The second-order valence-corrected chi connectivity index (χ2v) is 8.02. The van der Waals surface area contributed by atoms with Gasteiger partial charge in [0, 0.05) is 17.6 Å². The SMILES string of the molecule is CC(C)Oc1cc2nn(C3CC(OCc4ccccc4)C3)cc2cc1Br. The van der Waals surface area contributed by atoms with Crippen molar-refractivity contribution in [3.8, 4) is 5.75 Å². The van der Waals surface area contributed by atoms with E-state index in [0.717, 1.165) is 34.0 Å². The zero-order valence-electron chi connectivity index (χ0n) is 15.1. The van der Waals surface area contributed by atoms with Crippen LogP contribution < -0.4 is 4.74 Å². The molecule has 26 heavy (non-hydrogen) atoms. The van der Waals surface area contributed by atoms with Crippen LogP contribution in [0.2, 0.25) is 0 Å². The fraction of sp³-hybridized carbons (Fsp3) is 0.381. The standard InChI is InChI=1S/C21H23BrN2O2/c1-14(2)26-21-11-20-16(8-19(21)22)12-24(23-20)17-9-18(10-17)25-13-15-6-4-3-5-7-15/h3-8,11-12,14,17-18H,9-10,13H2,1-2H3. The van der Waals surface area contributed by atoms with Crippen molar-refractivity contribution in [1.82, 2.24) is 9.78 Å². The fourth-order valence-electron chi connectivity index (χ4n) is 3.25. The number of nitrogens with zero attached hydrogens (tertiary/aromatic N) is 2. The van der Waals surface area contributed by atoms with Gasteiger partial charge in [-0.1, -0.05) is 30.3 Å². The van der Waals surface area contributed by atoms with E-state index >= 15 is 0 Å². The van der Waals surface area contributed by atoms with Gasteiger partial charge in [-0.25, -0.2) is 0 Å². The van der Waals surface area contributed by atoms with E-state index in [-0.39, 0.29) is 6.10 Å². The molecule has 0 radical (unpaired) electrons. The average Bonchev–Trinajstić information content (AvgIpc) is 2.96. The van der Waals surface area contributed by atoms with Crippen molar-refractivity contribution < 1.29 is 9.47 Å². The Kier molecular flexibility index (Phi) is 5.00. The molecule has 1 heterocycles. The summed E-state index contributed by atoms with van der Waals surface area (Å²) in [5.41, 5.74) is 2.20. The molecule has 4 rings (SSSR count). The predicted molar refractivity (Wildman–Crippen MR) is 106 cm³/mol. The molecule has 5 heteroatoms. The van der Waals surface area contributed by atoms with Gasteiger partial charge in [-0.05, 0) is 54.2 Å². The van der Waals surface area contributed by atoms with Gasteiger partial charge in [0.05, 0.1) is 34.8 Å². The Morgan fingerprint density at radius 2 is 1.96 bits per heavy atom. The molecule has 1 aromatic heterocycles. The van der Waals surface area contributed by atoms with Crippen LogP contribution in [0.25, 0.3) is 10.9 Å². The molecule has 3 aromatic rings. The van der Waals surface area contributed by atoms with Gasteiger partial charge in [0.1, 0.15) is 5.75 Å². The van der Waals surface area contributed by atoms with Crippen LogP contribution >= 0.6 is 15.9 Å². The molecule has 0 saturated heterocycles. The van der Waals surface area contributed by atoms with E-state index in [1.54, 1.807) is 0 Å². The molecule has 1 fully saturated rings. The first-order valence-corrected chi connectivity index (χ1v) is 9.88. The summed E-state index contributed by atoms with van der Waals surface area (Å²) >= 11 is 3.59. The van der Waals surface area contributed by atoms with Crippen molar-refractivity contribution in [2.24, 2.45) is 0 Å². The maximum atomic E-state index is 6.00. The van der Waals surface area contributed by atoms with Gasteiger partial charge >= 0.3 is 0 Å². The normalized spacial score (nSPS) is 19.7. The van der Waals surface area contributed by atoms with Crippen molar-refractivity contribution in [3.05, 3.63) is 58.7 Å². The highest BCUT2D eigenvalue weighted by atomic mass is 79.9. The number of hydrogen-bond acceptors (Lipinski definition) is 3. The Bertz CT molecular complexity index is 886. The molecule has 0 aliphatic heterocycles. The quantitative estimate of drug-likeness (QED) is 0.533. The monoisotopic (exact) mass is 414 g/mol. The zero-order chi connectivity index (χ0) is 18.1. The highest BCUT2D eigenvalue weighted by molar-refractivity contribution is 9.10. The highest BCUT2D eigenvalue weighted by Gasteiger charge is 2.32.